The van der Waals surface area contributed by atoms with Crippen LogP contribution in [0.5, 0.6) is 0 Å². The number of guanidine groups is 1. The fourth-order valence-corrected chi connectivity index (χ4v) is 3.09. The van der Waals surface area contributed by atoms with E-state index < -0.39 is 0 Å². The molecule has 1 atom stereocenters. The molecule has 0 radical (unpaired) electrons. The molecular weight excluding hydrogens is 260 g/mol. The number of β-amino-alcohol motifs (C(OH)–C–C–N with tert-alkyl or cyclic N) is 1. The van der Waals surface area contributed by atoms with Gasteiger partial charge in [-0.25, -0.2) is 9.98 Å². The van der Waals surface area contributed by atoms with Crippen molar-refractivity contribution in [3.05, 3.63) is 15.6 Å². The molecule has 1 fully saturated rings. The van der Waals surface area contributed by atoms with Gasteiger partial charge in [0.1, 0.15) is 0 Å². The Bertz CT molecular complexity index is 457. The van der Waals surface area contributed by atoms with Crippen LogP contribution in [0, 0.1) is 13.8 Å². The van der Waals surface area contributed by atoms with E-state index in [1.807, 2.05) is 13.8 Å². The van der Waals surface area contributed by atoms with Crippen LogP contribution in [0.1, 0.15) is 28.9 Å². The molecule has 19 heavy (non-hydrogen) atoms. The molecule has 1 aromatic heterocycles. The maximum atomic E-state index is 9.62. The topological polar surface area (TPSA) is 60.8 Å². The summed E-state index contributed by atoms with van der Waals surface area (Å²) >= 11 is 1.70. The van der Waals surface area contributed by atoms with Crippen molar-refractivity contribution in [2.75, 3.05) is 19.6 Å². The van der Waals surface area contributed by atoms with Crippen molar-refractivity contribution in [1.29, 1.82) is 0 Å². The van der Waals surface area contributed by atoms with Gasteiger partial charge >= 0.3 is 0 Å². The quantitative estimate of drug-likeness (QED) is 0.648. The van der Waals surface area contributed by atoms with Crippen molar-refractivity contribution in [1.82, 2.24) is 15.2 Å². The first-order chi connectivity index (χ1) is 9.10. The van der Waals surface area contributed by atoms with Gasteiger partial charge in [0.2, 0.25) is 0 Å². The van der Waals surface area contributed by atoms with Crippen molar-refractivity contribution in [2.24, 2.45) is 4.99 Å². The van der Waals surface area contributed by atoms with Gasteiger partial charge in [-0.3, -0.25) is 0 Å². The Kier molecular flexibility index (Phi) is 4.76. The second-order valence-electron chi connectivity index (χ2n) is 4.80. The molecule has 2 heterocycles. The van der Waals surface area contributed by atoms with E-state index in [9.17, 15) is 5.11 Å². The first-order valence-corrected chi connectivity index (χ1v) is 7.56. The number of aliphatic hydroxyl groups excluding tert-OH is 1. The Labute approximate surface area is 118 Å². The average Bonchev–Trinajstić information content (AvgIpc) is 2.91. The van der Waals surface area contributed by atoms with E-state index in [0.717, 1.165) is 36.2 Å². The van der Waals surface area contributed by atoms with Crippen LogP contribution in [-0.4, -0.2) is 46.7 Å². The van der Waals surface area contributed by atoms with Crippen molar-refractivity contribution < 1.29 is 5.11 Å². The first kappa shape index (κ1) is 14.3. The van der Waals surface area contributed by atoms with E-state index in [0.29, 0.717) is 13.1 Å². The van der Waals surface area contributed by atoms with Crippen LogP contribution in [0.15, 0.2) is 4.99 Å². The van der Waals surface area contributed by atoms with Gasteiger partial charge in [0.15, 0.2) is 5.96 Å². The summed E-state index contributed by atoms with van der Waals surface area (Å²) < 4.78 is 0. The van der Waals surface area contributed by atoms with E-state index in [-0.39, 0.29) is 6.10 Å². The molecule has 1 aliphatic rings. The Balaban J connectivity index is 2.06. The van der Waals surface area contributed by atoms with E-state index in [4.69, 9.17) is 0 Å². The minimum atomic E-state index is -0.226. The average molecular weight is 282 g/mol. The fourth-order valence-electron chi connectivity index (χ4n) is 2.23. The lowest BCUT2D eigenvalue weighted by molar-refractivity contribution is 0.188. The lowest BCUT2D eigenvalue weighted by Gasteiger charge is -2.20. The van der Waals surface area contributed by atoms with Crippen LogP contribution < -0.4 is 5.32 Å². The number of aliphatic hydroxyl groups is 1. The zero-order valence-corrected chi connectivity index (χ0v) is 12.6. The van der Waals surface area contributed by atoms with Gasteiger partial charge in [0, 0.05) is 24.5 Å². The fraction of sp³-hybridized carbons (Fsp3) is 0.692. The minimum absolute atomic E-state index is 0.226. The largest absolute Gasteiger partial charge is 0.391 e. The first-order valence-electron chi connectivity index (χ1n) is 6.74. The number of hydrogen-bond donors (Lipinski definition) is 2. The third-order valence-corrected chi connectivity index (χ3v) is 4.23. The predicted octanol–water partition coefficient (Wildman–Crippen LogP) is 1.29. The normalized spacial score (nSPS) is 20.1. The SMILES string of the molecule is CCNC(=NCc1sc(C)nc1C)N1CC[C@@H](O)C1. The number of thiazole rings is 1. The van der Waals surface area contributed by atoms with E-state index in [2.05, 4.69) is 27.1 Å². The number of aryl methyl sites for hydroxylation is 2. The Morgan fingerprint density at radius 2 is 2.37 bits per heavy atom. The van der Waals surface area contributed by atoms with Crippen molar-refractivity contribution in [3.8, 4) is 0 Å². The van der Waals surface area contributed by atoms with Gasteiger partial charge in [0.25, 0.3) is 0 Å². The molecule has 1 aliphatic heterocycles. The molecule has 106 valence electrons. The standard InChI is InChI=1S/C13H22N4OS/c1-4-14-13(17-6-5-11(18)8-17)15-7-12-9(2)16-10(3)19-12/h11,18H,4-8H2,1-3H3,(H,14,15)/t11-/m1/s1. The lowest BCUT2D eigenvalue weighted by Crippen LogP contribution is -2.40. The number of hydrogen-bond acceptors (Lipinski definition) is 4. The van der Waals surface area contributed by atoms with Crippen LogP contribution in [0.4, 0.5) is 0 Å². The third kappa shape index (κ3) is 3.67. The highest BCUT2D eigenvalue weighted by Gasteiger charge is 2.22. The summed E-state index contributed by atoms with van der Waals surface area (Å²) in [4.78, 5) is 12.4. The number of rotatable bonds is 3. The Hall–Kier alpha value is -1.14. The van der Waals surface area contributed by atoms with Gasteiger partial charge in [-0.15, -0.1) is 11.3 Å². The summed E-state index contributed by atoms with van der Waals surface area (Å²) in [6.45, 7) is 9.15. The summed E-state index contributed by atoms with van der Waals surface area (Å²) in [5.41, 5.74) is 1.07. The molecule has 5 nitrogen and oxygen atoms in total. The number of likely N-dealkylation sites (tertiary alicyclic amines) is 1. The molecule has 1 saturated heterocycles. The van der Waals surface area contributed by atoms with E-state index >= 15 is 0 Å². The van der Waals surface area contributed by atoms with Crippen LogP contribution in [-0.2, 0) is 6.54 Å². The molecule has 0 amide bonds. The predicted molar refractivity (Wildman–Crippen MR) is 78.6 cm³/mol. The summed E-state index contributed by atoms with van der Waals surface area (Å²) in [6.07, 6.45) is 0.597. The molecule has 0 aromatic carbocycles. The molecule has 2 N–H and O–H groups in total. The summed E-state index contributed by atoms with van der Waals surface area (Å²) in [7, 11) is 0. The third-order valence-electron chi connectivity index (χ3n) is 3.17. The molecule has 0 spiro atoms. The second-order valence-corrected chi connectivity index (χ2v) is 6.09. The molecule has 0 saturated carbocycles. The number of aliphatic imine (C=N–C) groups is 1. The highest BCUT2D eigenvalue weighted by Crippen LogP contribution is 2.18. The van der Waals surface area contributed by atoms with Gasteiger partial charge in [-0.1, -0.05) is 0 Å². The van der Waals surface area contributed by atoms with Crippen molar-refractivity contribution >= 4 is 17.3 Å². The second kappa shape index (κ2) is 6.34. The molecule has 1 aromatic rings. The van der Waals surface area contributed by atoms with Crippen molar-refractivity contribution in [3.63, 3.8) is 0 Å². The highest BCUT2D eigenvalue weighted by atomic mass is 32.1. The number of nitrogens with zero attached hydrogens (tertiary/aromatic N) is 3. The summed E-state index contributed by atoms with van der Waals surface area (Å²) in [5.74, 6) is 0.893. The van der Waals surface area contributed by atoms with Crippen LogP contribution in [0.3, 0.4) is 0 Å². The molecule has 0 bridgehead atoms. The van der Waals surface area contributed by atoms with Crippen LogP contribution >= 0.6 is 11.3 Å². The Morgan fingerprint density at radius 1 is 1.58 bits per heavy atom. The van der Waals surface area contributed by atoms with Crippen LogP contribution in [0.25, 0.3) is 0 Å². The van der Waals surface area contributed by atoms with Gasteiger partial charge in [-0.05, 0) is 27.2 Å². The zero-order valence-electron chi connectivity index (χ0n) is 11.8. The maximum Gasteiger partial charge on any atom is 0.194 e. The highest BCUT2D eigenvalue weighted by molar-refractivity contribution is 7.11. The molecule has 6 heteroatoms. The van der Waals surface area contributed by atoms with Crippen LogP contribution in [0.2, 0.25) is 0 Å². The lowest BCUT2D eigenvalue weighted by atomic mass is 10.3. The molecule has 2 rings (SSSR count). The monoisotopic (exact) mass is 282 g/mol. The van der Waals surface area contributed by atoms with Gasteiger partial charge in [0.05, 0.1) is 23.4 Å². The van der Waals surface area contributed by atoms with Gasteiger partial charge < -0.3 is 15.3 Å². The number of aromatic nitrogens is 1. The number of nitrogens with one attached hydrogen (secondary N) is 1. The smallest absolute Gasteiger partial charge is 0.194 e. The molecule has 0 aliphatic carbocycles. The Morgan fingerprint density at radius 3 is 2.89 bits per heavy atom. The van der Waals surface area contributed by atoms with E-state index in [1.165, 1.54) is 4.88 Å². The molecular formula is C13H22N4OS. The zero-order chi connectivity index (χ0) is 13.8. The van der Waals surface area contributed by atoms with Crippen molar-refractivity contribution in [2.45, 2.75) is 39.8 Å². The minimum Gasteiger partial charge on any atom is -0.391 e. The maximum absolute atomic E-state index is 9.62. The van der Waals surface area contributed by atoms with Gasteiger partial charge in [-0.2, -0.15) is 0 Å². The van der Waals surface area contributed by atoms with E-state index in [1.54, 1.807) is 11.3 Å². The molecule has 0 unspecified atom stereocenters. The summed E-state index contributed by atoms with van der Waals surface area (Å²) in [5, 5.41) is 14.0. The summed E-state index contributed by atoms with van der Waals surface area (Å²) in [6, 6.07) is 0.